The minimum atomic E-state index is -4.44. The van der Waals surface area contributed by atoms with E-state index in [-0.39, 0.29) is 18.0 Å². The van der Waals surface area contributed by atoms with Gasteiger partial charge in [0.15, 0.2) is 0 Å². The summed E-state index contributed by atoms with van der Waals surface area (Å²) in [5, 5.41) is 2.82. The molecule has 16 heavy (non-hydrogen) atoms. The van der Waals surface area contributed by atoms with Crippen molar-refractivity contribution in [1.29, 1.82) is 0 Å². The third-order valence-electron chi connectivity index (χ3n) is 2.45. The van der Waals surface area contributed by atoms with Gasteiger partial charge in [-0.15, -0.1) is 0 Å². The number of hydrogen-bond donors (Lipinski definition) is 2. The van der Waals surface area contributed by atoms with Crippen LogP contribution in [0.2, 0.25) is 0 Å². The molecule has 0 bridgehead atoms. The molecule has 1 aliphatic carbocycles. The Bertz CT molecular complexity index is 373. The first-order chi connectivity index (χ1) is 7.45. The Hall–Kier alpha value is -1.37. The molecule has 88 valence electrons. The van der Waals surface area contributed by atoms with Crippen molar-refractivity contribution in [2.24, 2.45) is 5.73 Å². The van der Waals surface area contributed by atoms with Gasteiger partial charge in [-0.1, -0.05) is 0 Å². The SMILES string of the molecule is NC1CC(Nc2nccc(C(F)(F)F)n2)C1. The van der Waals surface area contributed by atoms with Crippen LogP contribution in [0.5, 0.6) is 0 Å². The fourth-order valence-electron chi connectivity index (χ4n) is 1.55. The molecule has 1 saturated carbocycles. The summed E-state index contributed by atoms with van der Waals surface area (Å²) < 4.78 is 37.0. The molecule has 1 aromatic rings. The van der Waals surface area contributed by atoms with E-state index < -0.39 is 11.9 Å². The molecule has 1 heterocycles. The molecular weight excluding hydrogens is 221 g/mol. The first-order valence-electron chi connectivity index (χ1n) is 4.87. The molecule has 1 fully saturated rings. The van der Waals surface area contributed by atoms with Crippen molar-refractivity contribution >= 4 is 5.95 Å². The highest BCUT2D eigenvalue weighted by Gasteiger charge is 2.33. The summed E-state index contributed by atoms with van der Waals surface area (Å²) in [6.45, 7) is 0. The highest BCUT2D eigenvalue weighted by Crippen LogP contribution is 2.28. The third-order valence-corrected chi connectivity index (χ3v) is 2.45. The second-order valence-electron chi connectivity index (χ2n) is 3.84. The van der Waals surface area contributed by atoms with E-state index >= 15 is 0 Å². The van der Waals surface area contributed by atoms with E-state index in [9.17, 15) is 13.2 Å². The van der Waals surface area contributed by atoms with Crippen LogP contribution in [0.3, 0.4) is 0 Å². The molecule has 4 nitrogen and oxygen atoms in total. The molecule has 0 radical (unpaired) electrons. The lowest BCUT2D eigenvalue weighted by atomic mass is 9.88. The van der Waals surface area contributed by atoms with E-state index in [1.165, 1.54) is 0 Å². The van der Waals surface area contributed by atoms with Crippen LogP contribution in [-0.2, 0) is 6.18 Å². The van der Waals surface area contributed by atoms with E-state index in [1.807, 2.05) is 0 Å². The highest BCUT2D eigenvalue weighted by atomic mass is 19.4. The van der Waals surface area contributed by atoms with Crippen molar-refractivity contribution < 1.29 is 13.2 Å². The Kier molecular flexibility index (Phi) is 2.71. The Morgan fingerprint density at radius 3 is 2.62 bits per heavy atom. The largest absolute Gasteiger partial charge is 0.433 e. The molecule has 0 spiro atoms. The zero-order valence-electron chi connectivity index (χ0n) is 8.33. The second kappa shape index (κ2) is 3.89. The normalized spacial score (nSPS) is 25.0. The summed E-state index contributed by atoms with van der Waals surface area (Å²) in [4.78, 5) is 7.14. The first-order valence-corrected chi connectivity index (χ1v) is 4.87. The van der Waals surface area contributed by atoms with Gasteiger partial charge < -0.3 is 11.1 Å². The molecule has 0 amide bonds. The fourth-order valence-corrected chi connectivity index (χ4v) is 1.55. The average molecular weight is 232 g/mol. The van der Waals surface area contributed by atoms with Crippen LogP contribution in [-0.4, -0.2) is 22.1 Å². The predicted octanol–water partition coefficient (Wildman–Crippen LogP) is 1.40. The Balaban J connectivity index is 2.05. The van der Waals surface area contributed by atoms with Crippen molar-refractivity contribution in [3.8, 4) is 0 Å². The first kappa shape index (κ1) is 11.1. The zero-order chi connectivity index (χ0) is 11.8. The maximum absolute atomic E-state index is 12.3. The van der Waals surface area contributed by atoms with Crippen LogP contribution < -0.4 is 11.1 Å². The van der Waals surface area contributed by atoms with Crippen LogP contribution in [0, 0.1) is 0 Å². The second-order valence-corrected chi connectivity index (χ2v) is 3.84. The lowest BCUT2D eigenvalue weighted by Crippen LogP contribution is -2.44. The minimum Gasteiger partial charge on any atom is -0.351 e. The zero-order valence-corrected chi connectivity index (χ0v) is 8.33. The summed E-state index contributed by atoms with van der Waals surface area (Å²) in [6, 6.07) is 1.05. The topological polar surface area (TPSA) is 63.8 Å². The molecule has 0 saturated heterocycles. The summed E-state index contributed by atoms with van der Waals surface area (Å²) in [7, 11) is 0. The van der Waals surface area contributed by atoms with Gasteiger partial charge in [0.2, 0.25) is 5.95 Å². The summed E-state index contributed by atoms with van der Waals surface area (Å²) in [6.07, 6.45) is -1.87. The van der Waals surface area contributed by atoms with Crippen LogP contribution in [0.25, 0.3) is 0 Å². The third kappa shape index (κ3) is 2.41. The molecule has 2 rings (SSSR count). The van der Waals surface area contributed by atoms with Crippen LogP contribution >= 0.6 is 0 Å². The van der Waals surface area contributed by atoms with Crippen molar-refractivity contribution in [2.75, 3.05) is 5.32 Å². The number of rotatable bonds is 2. The Morgan fingerprint density at radius 2 is 2.06 bits per heavy atom. The van der Waals surface area contributed by atoms with Crippen molar-refractivity contribution in [1.82, 2.24) is 9.97 Å². The van der Waals surface area contributed by atoms with Gasteiger partial charge in [0, 0.05) is 18.3 Å². The molecule has 7 heteroatoms. The van der Waals surface area contributed by atoms with Crippen molar-refractivity contribution in [3.63, 3.8) is 0 Å². The molecular formula is C9H11F3N4. The van der Waals surface area contributed by atoms with Gasteiger partial charge in [-0.3, -0.25) is 0 Å². The maximum Gasteiger partial charge on any atom is 0.433 e. The monoisotopic (exact) mass is 232 g/mol. The molecule has 1 aromatic heterocycles. The average Bonchev–Trinajstić information content (AvgIpc) is 2.14. The number of anilines is 1. The molecule has 0 aromatic carbocycles. The van der Waals surface area contributed by atoms with Gasteiger partial charge in [0.1, 0.15) is 5.69 Å². The van der Waals surface area contributed by atoms with Crippen molar-refractivity contribution in [2.45, 2.75) is 31.1 Å². The molecule has 3 N–H and O–H groups in total. The van der Waals surface area contributed by atoms with Gasteiger partial charge in [-0.05, 0) is 18.9 Å². The summed E-state index contributed by atoms with van der Waals surface area (Å²) in [5.41, 5.74) is 4.62. The van der Waals surface area contributed by atoms with Gasteiger partial charge in [0.05, 0.1) is 0 Å². The number of halogens is 3. The van der Waals surface area contributed by atoms with E-state index in [2.05, 4.69) is 15.3 Å². The van der Waals surface area contributed by atoms with E-state index in [4.69, 9.17) is 5.73 Å². The molecule has 0 aliphatic heterocycles. The quantitative estimate of drug-likeness (QED) is 0.808. The van der Waals surface area contributed by atoms with E-state index in [0.717, 1.165) is 25.1 Å². The predicted molar refractivity (Wildman–Crippen MR) is 51.7 cm³/mol. The number of nitrogens with one attached hydrogen (secondary N) is 1. The summed E-state index contributed by atoms with van der Waals surface area (Å²) >= 11 is 0. The van der Waals surface area contributed by atoms with Crippen molar-refractivity contribution in [3.05, 3.63) is 18.0 Å². The number of hydrogen-bond acceptors (Lipinski definition) is 4. The van der Waals surface area contributed by atoms with Gasteiger partial charge in [0.25, 0.3) is 0 Å². The standard InChI is InChI=1S/C9H11F3N4/c10-9(11,12)7-1-2-14-8(16-7)15-6-3-5(13)4-6/h1-2,5-6H,3-4,13H2,(H,14,15,16). The minimum absolute atomic E-state index is 0.00623. The van der Waals surface area contributed by atoms with Gasteiger partial charge in [-0.25, -0.2) is 9.97 Å². The number of alkyl halides is 3. The summed E-state index contributed by atoms with van der Waals surface area (Å²) in [5.74, 6) is 0.00623. The number of aromatic nitrogens is 2. The number of nitrogens with zero attached hydrogens (tertiary/aromatic N) is 2. The highest BCUT2D eigenvalue weighted by molar-refractivity contribution is 5.29. The van der Waals surface area contributed by atoms with Gasteiger partial charge in [-0.2, -0.15) is 13.2 Å². The lowest BCUT2D eigenvalue weighted by molar-refractivity contribution is -0.141. The number of nitrogens with two attached hydrogens (primary N) is 1. The fraction of sp³-hybridized carbons (Fsp3) is 0.556. The van der Waals surface area contributed by atoms with Gasteiger partial charge >= 0.3 is 6.18 Å². The van der Waals surface area contributed by atoms with Crippen LogP contribution in [0.4, 0.5) is 19.1 Å². The molecule has 1 aliphatic rings. The Labute approximate surface area is 90.1 Å². The molecule has 0 unspecified atom stereocenters. The smallest absolute Gasteiger partial charge is 0.351 e. The van der Waals surface area contributed by atoms with Crippen LogP contribution in [0.15, 0.2) is 12.3 Å². The van der Waals surface area contributed by atoms with E-state index in [0.29, 0.717) is 0 Å². The maximum atomic E-state index is 12.3. The molecule has 0 atom stereocenters. The lowest BCUT2D eigenvalue weighted by Gasteiger charge is -2.32. The Morgan fingerprint density at radius 1 is 1.38 bits per heavy atom. The van der Waals surface area contributed by atoms with E-state index in [1.54, 1.807) is 0 Å². The van der Waals surface area contributed by atoms with Crippen LogP contribution in [0.1, 0.15) is 18.5 Å².